The highest BCUT2D eigenvalue weighted by atomic mass is 35.5. The molecule has 0 bridgehead atoms. The van der Waals surface area contributed by atoms with Gasteiger partial charge in [0.15, 0.2) is 0 Å². The normalized spacial score (nSPS) is 14.8. The molecule has 0 saturated heterocycles. The lowest BCUT2D eigenvalue weighted by Gasteiger charge is -2.08. The minimum atomic E-state index is 0.624. The maximum atomic E-state index is 6.11. The molecule has 1 aliphatic heterocycles. The van der Waals surface area contributed by atoms with Gasteiger partial charge in [-0.2, -0.15) is 0 Å². The predicted octanol–water partition coefficient (Wildman–Crippen LogP) is 2.64. The van der Waals surface area contributed by atoms with Crippen molar-refractivity contribution in [1.82, 2.24) is 10.3 Å². The van der Waals surface area contributed by atoms with Crippen LogP contribution in [0.5, 0.6) is 0 Å². The van der Waals surface area contributed by atoms with Gasteiger partial charge in [-0.05, 0) is 12.1 Å². The van der Waals surface area contributed by atoms with Gasteiger partial charge in [0.1, 0.15) is 5.76 Å². The molecular weight excluding hydrogens is 224 g/mol. The van der Waals surface area contributed by atoms with Gasteiger partial charge in [0.25, 0.3) is 0 Å². The van der Waals surface area contributed by atoms with Crippen LogP contribution in [0.2, 0.25) is 5.02 Å². The number of halogens is 1. The van der Waals surface area contributed by atoms with E-state index in [2.05, 4.69) is 10.3 Å². The summed E-state index contributed by atoms with van der Waals surface area (Å²) in [7, 11) is 0. The molecule has 1 N–H and O–H groups in total. The lowest BCUT2D eigenvalue weighted by Crippen LogP contribution is -2.22. The molecule has 3 nitrogen and oxygen atoms in total. The maximum Gasteiger partial charge on any atom is 0.228 e. The van der Waals surface area contributed by atoms with E-state index in [1.807, 2.05) is 24.3 Å². The zero-order chi connectivity index (χ0) is 11.0. The van der Waals surface area contributed by atoms with E-state index in [-0.39, 0.29) is 0 Å². The Bertz CT molecular complexity index is 498. The lowest BCUT2D eigenvalue weighted by molar-refractivity contribution is 0.472. The molecule has 1 aromatic carbocycles. The third-order valence-electron chi connectivity index (χ3n) is 2.71. The van der Waals surface area contributed by atoms with Crippen molar-refractivity contribution in [3.8, 4) is 11.5 Å². The van der Waals surface area contributed by atoms with Crippen LogP contribution in [0.4, 0.5) is 0 Å². The Hall–Kier alpha value is -1.32. The first-order chi connectivity index (χ1) is 7.84. The Balaban J connectivity index is 2.07. The van der Waals surface area contributed by atoms with Gasteiger partial charge in [0, 0.05) is 13.0 Å². The van der Waals surface area contributed by atoms with Gasteiger partial charge in [-0.3, -0.25) is 0 Å². The number of nitrogens with zero attached hydrogens (tertiary/aromatic N) is 1. The summed E-state index contributed by atoms with van der Waals surface area (Å²) in [6.45, 7) is 1.72. The van der Waals surface area contributed by atoms with Gasteiger partial charge >= 0.3 is 0 Å². The second-order valence-corrected chi connectivity index (χ2v) is 4.20. The van der Waals surface area contributed by atoms with Crippen LogP contribution in [0.1, 0.15) is 11.5 Å². The summed E-state index contributed by atoms with van der Waals surface area (Å²) in [6, 6.07) is 7.60. The van der Waals surface area contributed by atoms with E-state index in [9.17, 15) is 0 Å². The topological polar surface area (TPSA) is 38.1 Å². The number of hydrogen-bond donors (Lipinski definition) is 1. The minimum absolute atomic E-state index is 0.624. The lowest BCUT2D eigenvalue weighted by atomic mass is 10.2. The molecule has 16 heavy (non-hydrogen) atoms. The maximum absolute atomic E-state index is 6.11. The van der Waals surface area contributed by atoms with Crippen LogP contribution in [0.15, 0.2) is 28.7 Å². The van der Waals surface area contributed by atoms with Crippen LogP contribution in [-0.4, -0.2) is 11.5 Å². The molecule has 2 heterocycles. The highest BCUT2D eigenvalue weighted by Crippen LogP contribution is 2.29. The molecule has 0 amide bonds. The SMILES string of the molecule is Clc1ccccc1-c1nc2c(o1)CNCC2. The average Bonchev–Trinajstić information content (AvgIpc) is 2.73. The van der Waals surface area contributed by atoms with E-state index in [1.165, 1.54) is 0 Å². The quantitative estimate of drug-likeness (QED) is 0.825. The van der Waals surface area contributed by atoms with Crippen LogP contribution in [-0.2, 0) is 13.0 Å². The van der Waals surface area contributed by atoms with Crippen molar-refractivity contribution in [2.24, 2.45) is 0 Å². The van der Waals surface area contributed by atoms with Crippen molar-refractivity contribution in [2.45, 2.75) is 13.0 Å². The van der Waals surface area contributed by atoms with Crippen molar-refractivity contribution < 1.29 is 4.42 Å². The predicted molar refractivity (Wildman–Crippen MR) is 62.4 cm³/mol. The molecule has 4 heteroatoms. The molecular formula is C12H11ClN2O. The summed E-state index contributed by atoms with van der Waals surface area (Å²) in [6.07, 6.45) is 0.920. The molecule has 1 aromatic heterocycles. The first kappa shape index (κ1) is 9.87. The number of nitrogens with one attached hydrogen (secondary N) is 1. The molecule has 3 rings (SSSR count). The van der Waals surface area contributed by atoms with Crippen molar-refractivity contribution >= 4 is 11.6 Å². The number of aromatic nitrogens is 1. The van der Waals surface area contributed by atoms with E-state index in [0.717, 1.165) is 36.5 Å². The number of oxazole rings is 1. The Morgan fingerprint density at radius 2 is 2.19 bits per heavy atom. The van der Waals surface area contributed by atoms with Gasteiger partial charge in [0.05, 0.1) is 22.8 Å². The monoisotopic (exact) mass is 234 g/mol. The number of benzene rings is 1. The average molecular weight is 235 g/mol. The van der Waals surface area contributed by atoms with Crippen molar-refractivity contribution in [3.05, 3.63) is 40.7 Å². The molecule has 0 aliphatic carbocycles. The van der Waals surface area contributed by atoms with Crippen LogP contribution in [0, 0.1) is 0 Å². The summed E-state index contributed by atoms with van der Waals surface area (Å²) in [5.74, 6) is 1.56. The van der Waals surface area contributed by atoms with Crippen molar-refractivity contribution in [2.75, 3.05) is 6.54 Å². The molecule has 0 saturated carbocycles. The standard InChI is InChI=1S/C12H11ClN2O/c13-9-4-2-1-3-8(9)12-15-10-5-6-14-7-11(10)16-12/h1-4,14H,5-7H2. The van der Waals surface area contributed by atoms with E-state index in [4.69, 9.17) is 16.0 Å². The Morgan fingerprint density at radius 3 is 3.00 bits per heavy atom. The van der Waals surface area contributed by atoms with Crippen LogP contribution in [0.25, 0.3) is 11.5 Å². The number of rotatable bonds is 1. The van der Waals surface area contributed by atoms with Gasteiger partial charge < -0.3 is 9.73 Å². The molecule has 0 fully saturated rings. The molecule has 0 spiro atoms. The fourth-order valence-corrected chi connectivity index (χ4v) is 2.09. The zero-order valence-corrected chi connectivity index (χ0v) is 9.42. The summed E-state index contributed by atoms with van der Waals surface area (Å²) in [5, 5.41) is 3.93. The van der Waals surface area contributed by atoms with Gasteiger partial charge in [-0.15, -0.1) is 0 Å². The number of hydrogen-bond acceptors (Lipinski definition) is 3. The molecule has 0 unspecified atom stereocenters. The minimum Gasteiger partial charge on any atom is -0.439 e. The second-order valence-electron chi connectivity index (χ2n) is 3.80. The van der Waals surface area contributed by atoms with Gasteiger partial charge in [-0.25, -0.2) is 4.98 Å². The summed E-state index contributed by atoms with van der Waals surface area (Å²) in [5.41, 5.74) is 1.91. The molecule has 2 aromatic rings. The van der Waals surface area contributed by atoms with E-state index >= 15 is 0 Å². The van der Waals surface area contributed by atoms with Crippen molar-refractivity contribution in [1.29, 1.82) is 0 Å². The molecule has 0 radical (unpaired) electrons. The Labute approximate surface area is 98.4 Å². The summed E-state index contributed by atoms with van der Waals surface area (Å²) in [4.78, 5) is 4.49. The second kappa shape index (κ2) is 3.92. The first-order valence-electron chi connectivity index (χ1n) is 5.29. The number of fused-ring (bicyclic) bond motifs is 1. The largest absolute Gasteiger partial charge is 0.439 e. The molecule has 0 atom stereocenters. The fourth-order valence-electron chi connectivity index (χ4n) is 1.88. The fraction of sp³-hybridized carbons (Fsp3) is 0.250. The van der Waals surface area contributed by atoms with E-state index < -0.39 is 0 Å². The Morgan fingerprint density at radius 1 is 1.31 bits per heavy atom. The Kier molecular flexibility index (Phi) is 2.42. The van der Waals surface area contributed by atoms with E-state index in [1.54, 1.807) is 0 Å². The molecule has 1 aliphatic rings. The molecule has 82 valence electrons. The summed E-state index contributed by atoms with van der Waals surface area (Å²) < 4.78 is 5.71. The van der Waals surface area contributed by atoms with E-state index in [0.29, 0.717) is 10.9 Å². The van der Waals surface area contributed by atoms with Gasteiger partial charge in [0.2, 0.25) is 5.89 Å². The highest BCUT2D eigenvalue weighted by molar-refractivity contribution is 6.33. The van der Waals surface area contributed by atoms with Crippen LogP contribution >= 0.6 is 11.6 Å². The van der Waals surface area contributed by atoms with Crippen LogP contribution < -0.4 is 5.32 Å². The smallest absolute Gasteiger partial charge is 0.228 e. The zero-order valence-electron chi connectivity index (χ0n) is 8.66. The highest BCUT2D eigenvalue weighted by Gasteiger charge is 2.18. The first-order valence-corrected chi connectivity index (χ1v) is 5.66. The third kappa shape index (κ3) is 1.62. The van der Waals surface area contributed by atoms with Crippen LogP contribution in [0.3, 0.4) is 0 Å². The van der Waals surface area contributed by atoms with Gasteiger partial charge in [-0.1, -0.05) is 23.7 Å². The summed E-state index contributed by atoms with van der Waals surface area (Å²) >= 11 is 6.11. The third-order valence-corrected chi connectivity index (χ3v) is 3.04. The van der Waals surface area contributed by atoms with Crippen molar-refractivity contribution in [3.63, 3.8) is 0 Å².